The molecule has 0 amide bonds. The maximum atomic E-state index is 10.9. The molecule has 2 aliphatic carbocycles. The van der Waals surface area contributed by atoms with E-state index in [1.54, 1.807) is 13.2 Å². The third-order valence-electron chi connectivity index (χ3n) is 8.00. The van der Waals surface area contributed by atoms with Gasteiger partial charge < -0.3 is 14.3 Å². The molecule has 1 N–H and O–H groups in total. The number of allylic oxidation sites excluding steroid dienone is 1. The van der Waals surface area contributed by atoms with Gasteiger partial charge in [0.15, 0.2) is 23.5 Å². The van der Waals surface area contributed by atoms with E-state index in [0.717, 1.165) is 23.9 Å². The number of nitrogens with zero attached hydrogens (tertiary/aromatic N) is 1. The molecular weight excluding hydrogens is 338 g/mol. The zero-order valence-corrected chi connectivity index (χ0v) is 17.0. The normalized spacial score (nSPS) is 33.9. The van der Waals surface area contributed by atoms with E-state index in [1.165, 1.54) is 37.7 Å². The molecule has 27 heavy (non-hydrogen) atoms. The lowest BCUT2D eigenvalue weighted by Gasteiger charge is -2.58. The molecule has 0 bridgehead atoms. The van der Waals surface area contributed by atoms with Gasteiger partial charge in [0.05, 0.1) is 7.11 Å². The molecule has 1 aromatic carbocycles. The van der Waals surface area contributed by atoms with E-state index < -0.39 is 0 Å². The monoisotopic (exact) mass is 369 g/mol. The van der Waals surface area contributed by atoms with E-state index in [4.69, 9.17) is 9.15 Å². The van der Waals surface area contributed by atoms with Crippen molar-refractivity contribution in [1.82, 2.24) is 4.98 Å². The third-order valence-corrected chi connectivity index (χ3v) is 8.00. The molecule has 4 nitrogen and oxygen atoms in total. The summed E-state index contributed by atoms with van der Waals surface area (Å²) in [4.78, 5) is 4.30. The van der Waals surface area contributed by atoms with Crippen LogP contribution in [0.25, 0.3) is 11.1 Å². The number of benzene rings is 1. The molecule has 2 fully saturated rings. The highest BCUT2D eigenvalue weighted by molar-refractivity contribution is 5.82. The van der Waals surface area contributed by atoms with Crippen molar-refractivity contribution in [3.8, 4) is 11.5 Å². The second-order valence-electron chi connectivity index (χ2n) is 9.19. The topological polar surface area (TPSA) is 55.5 Å². The van der Waals surface area contributed by atoms with Crippen LogP contribution in [0.15, 0.2) is 29.0 Å². The van der Waals surface area contributed by atoms with Gasteiger partial charge in [-0.2, -0.15) is 0 Å². The van der Waals surface area contributed by atoms with Gasteiger partial charge in [-0.25, -0.2) is 4.98 Å². The van der Waals surface area contributed by atoms with Crippen molar-refractivity contribution in [3.63, 3.8) is 0 Å². The SMILES string of the molecule is C=C1CCCC2C1(C)CCC(C)C2(C)Cc1c(O)c(OC)cc2ncoc12. The fraction of sp³-hybridized carbons (Fsp3) is 0.609. The summed E-state index contributed by atoms with van der Waals surface area (Å²) in [5, 5.41) is 10.9. The summed E-state index contributed by atoms with van der Waals surface area (Å²) in [5.41, 5.74) is 3.91. The average Bonchev–Trinajstić information content (AvgIpc) is 3.11. The smallest absolute Gasteiger partial charge is 0.181 e. The van der Waals surface area contributed by atoms with Gasteiger partial charge in [0.1, 0.15) is 5.52 Å². The Balaban J connectivity index is 1.83. The summed E-state index contributed by atoms with van der Waals surface area (Å²) in [6, 6.07) is 1.75. The Labute approximate surface area is 161 Å². The maximum Gasteiger partial charge on any atom is 0.181 e. The van der Waals surface area contributed by atoms with Gasteiger partial charge in [0.25, 0.3) is 0 Å². The first-order valence-electron chi connectivity index (χ1n) is 10.1. The van der Waals surface area contributed by atoms with Gasteiger partial charge in [-0.1, -0.05) is 32.9 Å². The fourth-order valence-electron chi connectivity index (χ4n) is 6.00. The highest BCUT2D eigenvalue weighted by Crippen LogP contribution is 2.62. The molecule has 0 radical (unpaired) electrons. The number of phenols is 1. The number of methoxy groups -OCH3 is 1. The molecule has 146 valence electrons. The van der Waals surface area contributed by atoms with Gasteiger partial charge in [0, 0.05) is 11.6 Å². The Bertz CT molecular complexity index is 885. The van der Waals surface area contributed by atoms with Crippen LogP contribution in [0.3, 0.4) is 0 Å². The minimum atomic E-state index is 0.0555. The molecule has 0 spiro atoms. The Morgan fingerprint density at radius 3 is 2.89 bits per heavy atom. The van der Waals surface area contributed by atoms with Crippen LogP contribution >= 0.6 is 0 Å². The fourth-order valence-corrected chi connectivity index (χ4v) is 6.00. The summed E-state index contributed by atoms with van der Waals surface area (Å²) in [5.74, 6) is 1.77. The average molecular weight is 370 g/mol. The van der Waals surface area contributed by atoms with Gasteiger partial charge in [-0.15, -0.1) is 0 Å². The standard InChI is InChI=1S/C23H31NO3/c1-14-7-6-8-19-22(14,3)10-9-15(2)23(19,4)12-16-20(25)18(26-5)11-17-21(16)27-13-24-17/h11,13,15,19,25H,1,6-10,12H2,2-5H3. The molecule has 0 saturated heterocycles. The maximum absolute atomic E-state index is 10.9. The zero-order valence-electron chi connectivity index (χ0n) is 17.0. The molecule has 1 aromatic heterocycles. The van der Waals surface area contributed by atoms with E-state index in [-0.39, 0.29) is 16.6 Å². The second-order valence-corrected chi connectivity index (χ2v) is 9.19. The lowest BCUT2D eigenvalue weighted by Crippen LogP contribution is -2.51. The third kappa shape index (κ3) is 2.60. The number of oxazole rings is 1. The molecule has 0 aliphatic heterocycles. The number of hydrogen-bond acceptors (Lipinski definition) is 4. The van der Waals surface area contributed by atoms with Crippen molar-refractivity contribution in [3.05, 3.63) is 30.2 Å². The van der Waals surface area contributed by atoms with E-state index in [9.17, 15) is 5.11 Å². The van der Waals surface area contributed by atoms with Crippen LogP contribution in [0.2, 0.25) is 0 Å². The van der Waals surface area contributed by atoms with Crippen molar-refractivity contribution in [2.45, 2.75) is 59.3 Å². The van der Waals surface area contributed by atoms with Crippen LogP contribution in [-0.4, -0.2) is 17.2 Å². The van der Waals surface area contributed by atoms with Crippen LogP contribution in [0, 0.1) is 22.7 Å². The van der Waals surface area contributed by atoms with Crippen molar-refractivity contribution >= 4 is 11.1 Å². The number of hydrogen-bond donors (Lipinski definition) is 1. The Morgan fingerprint density at radius 1 is 1.37 bits per heavy atom. The quantitative estimate of drug-likeness (QED) is 0.686. The first-order valence-corrected chi connectivity index (χ1v) is 10.1. The van der Waals surface area contributed by atoms with Crippen molar-refractivity contribution in [2.75, 3.05) is 7.11 Å². The molecule has 4 unspecified atom stereocenters. The molecule has 4 atom stereocenters. The second kappa shape index (κ2) is 6.29. The molecular formula is C23H31NO3. The Hall–Kier alpha value is -1.97. The molecule has 2 aliphatic rings. The van der Waals surface area contributed by atoms with Crippen molar-refractivity contribution in [2.24, 2.45) is 22.7 Å². The highest BCUT2D eigenvalue weighted by Gasteiger charge is 2.54. The first kappa shape index (κ1) is 18.4. The number of aromatic nitrogens is 1. The Morgan fingerprint density at radius 2 is 2.15 bits per heavy atom. The van der Waals surface area contributed by atoms with E-state index in [0.29, 0.717) is 23.2 Å². The predicted molar refractivity (Wildman–Crippen MR) is 107 cm³/mol. The minimum absolute atomic E-state index is 0.0555. The number of aromatic hydroxyl groups is 1. The van der Waals surface area contributed by atoms with Crippen LogP contribution < -0.4 is 4.74 Å². The number of ether oxygens (including phenoxy) is 1. The summed E-state index contributed by atoms with van der Waals surface area (Å²) in [6.07, 6.45) is 8.20. The van der Waals surface area contributed by atoms with Gasteiger partial charge in [-0.3, -0.25) is 0 Å². The van der Waals surface area contributed by atoms with Crippen LogP contribution in [0.5, 0.6) is 11.5 Å². The molecule has 4 heteroatoms. The zero-order chi connectivity index (χ0) is 19.4. The predicted octanol–water partition coefficient (Wildman–Crippen LogP) is 5.88. The minimum Gasteiger partial charge on any atom is -0.504 e. The van der Waals surface area contributed by atoms with Crippen molar-refractivity contribution in [1.29, 1.82) is 0 Å². The lowest BCUT2D eigenvalue weighted by atomic mass is 9.46. The largest absolute Gasteiger partial charge is 0.504 e. The summed E-state index contributed by atoms with van der Waals surface area (Å²) >= 11 is 0. The van der Waals surface area contributed by atoms with Crippen LogP contribution in [0.4, 0.5) is 0 Å². The number of rotatable bonds is 3. The summed E-state index contributed by atoms with van der Waals surface area (Å²) in [7, 11) is 1.58. The molecule has 2 aromatic rings. The van der Waals surface area contributed by atoms with E-state index in [2.05, 4.69) is 32.3 Å². The molecule has 4 rings (SSSR count). The summed E-state index contributed by atoms with van der Waals surface area (Å²) in [6.45, 7) is 11.6. The highest BCUT2D eigenvalue weighted by atomic mass is 16.5. The van der Waals surface area contributed by atoms with Crippen LogP contribution in [0.1, 0.15) is 58.4 Å². The van der Waals surface area contributed by atoms with Gasteiger partial charge in [0.2, 0.25) is 0 Å². The van der Waals surface area contributed by atoms with E-state index in [1.807, 2.05) is 0 Å². The van der Waals surface area contributed by atoms with Crippen molar-refractivity contribution < 1.29 is 14.3 Å². The van der Waals surface area contributed by atoms with E-state index >= 15 is 0 Å². The molecule has 1 heterocycles. The Kier molecular flexibility index (Phi) is 4.28. The first-order chi connectivity index (χ1) is 12.8. The van der Waals surface area contributed by atoms with Crippen LogP contribution in [-0.2, 0) is 6.42 Å². The number of phenolic OH excluding ortho intramolecular Hbond substituents is 1. The van der Waals surface area contributed by atoms with Gasteiger partial charge in [-0.05, 0) is 61.2 Å². The summed E-state index contributed by atoms with van der Waals surface area (Å²) < 4.78 is 11.1. The lowest BCUT2D eigenvalue weighted by molar-refractivity contribution is -0.0490. The van der Waals surface area contributed by atoms with Gasteiger partial charge >= 0.3 is 0 Å². The molecule has 2 saturated carbocycles. The number of fused-ring (bicyclic) bond motifs is 2.